The van der Waals surface area contributed by atoms with Crippen LogP contribution in [0.15, 0.2) is 36.0 Å². The van der Waals surface area contributed by atoms with Gasteiger partial charge < -0.3 is 10.1 Å². The highest BCUT2D eigenvalue weighted by atomic mass is 32.1. The van der Waals surface area contributed by atoms with E-state index in [9.17, 15) is 9.59 Å². The van der Waals surface area contributed by atoms with E-state index in [4.69, 9.17) is 4.74 Å². The molecule has 2 aromatic heterocycles. The average Bonchev–Trinajstić information content (AvgIpc) is 3.18. The number of cyclic esters (lactones) is 1. The van der Waals surface area contributed by atoms with Gasteiger partial charge in [0, 0.05) is 29.4 Å². The second kappa shape index (κ2) is 6.57. The van der Waals surface area contributed by atoms with Crippen LogP contribution in [0.3, 0.4) is 0 Å². The van der Waals surface area contributed by atoms with Crippen LogP contribution in [0.5, 0.6) is 0 Å². The standard InChI is InChI=1S/C15H15N3O3S/c19-14(10-18-3-4-21-15(18)20)17-8-11-6-12(9-16-7-11)13-2-1-5-22-13/h1-2,5-7,9H,3-4,8,10H2,(H,17,19). The lowest BCUT2D eigenvalue weighted by atomic mass is 10.2. The quantitative estimate of drug-likeness (QED) is 0.914. The summed E-state index contributed by atoms with van der Waals surface area (Å²) in [6.07, 6.45) is 3.09. The number of aromatic nitrogens is 1. The molecule has 0 aliphatic carbocycles. The molecule has 3 heterocycles. The van der Waals surface area contributed by atoms with Gasteiger partial charge in [0.25, 0.3) is 0 Å². The second-order valence-corrected chi connectivity index (χ2v) is 5.82. The molecule has 2 amide bonds. The first-order valence-corrected chi connectivity index (χ1v) is 7.76. The summed E-state index contributed by atoms with van der Waals surface area (Å²) >= 11 is 1.65. The minimum atomic E-state index is -0.434. The van der Waals surface area contributed by atoms with Crippen molar-refractivity contribution in [1.29, 1.82) is 0 Å². The molecule has 0 atom stereocenters. The van der Waals surface area contributed by atoms with Crippen molar-refractivity contribution in [2.24, 2.45) is 0 Å². The number of thiophene rings is 1. The molecule has 1 saturated heterocycles. The van der Waals surface area contributed by atoms with Gasteiger partial charge in [-0.25, -0.2) is 4.79 Å². The highest BCUT2D eigenvalue weighted by Gasteiger charge is 2.23. The van der Waals surface area contributed by atoms with E-state index in [0.29, 0.717) is 19.7 Å². The number of rotatable bonds is 5. The summed E-state index contributed by atoms with van der Waals surface area (Å²) in [4.78, 5) is 29.9. The molecule has 1 N–H and O–H groups in total. The van der Waals surface area contributed by atoms with Gasteiger partial charge in [0.05, 0.1) is 6.54 Å². The number of ether oxygens (including phenoxy) is 1. The van der Waals surface area contributed by atoms with E-state index in [1.165, 1.54) is 4.90 Å². The van der Waals surface area contributed by atoms with E-state index in [2.05, 4.69) is 10.3 Å². The van der Waals surface area contributed by atoms with Crippen molar-refractivity contribution >= 4 is 23.3 Å². The number of amides is 2. The van der Waals surface area contributed by atoms with Crippen molar-refractivity contribution in [3.8, 4) is 10.4 Å². The molecule has 114 valence electrons. The first-order chi connectivity index (χ1) is 10.7. The Morgan fingerprint density at radius 3 is 3.09 bits per heavy atom. The van der Waals surface area contributed by atoms with Crippen LogP contribution in [-0.2, 0) is 16.1 Å². The fraction of sp³-hybridized carbons (Fsp3) is 0.267. The van der Waals surface area contributed by atoms with Crippen LogP contribution >= 0.6 is 11.3 Å². The van der Waals surface area contributed by atoms with Crippen molar-refractivity contribution in [1.82, 2.24) is 15.2 Å². The molecule has 0 radical (unpaired) electrons. The maximum absolute atomic E-state index is 11.9. The lowest BCUT2D eigenvalue weighted by Crippen LogP contribution is -2.37. The van der Waals surface area contributed by atoms with E-state index >= 15 is 0 Å². The van der Waals surface area contributed by atoms with Gasteiger partial charge in [-0.3, -0.25) is 14.7 Å². The number of nitrogens with zero attached hydrogens (tertiary/aromatic N) is 2. The number of carbonyl (C=O) groups is 2. The molecular weight excluding hydrogens is 302 g/mol. The highest BCUT2D eigenvalue weighted by molar-refractivity contribution is 7.13. The smallest absolute Gasteiger partial charge is 0.410 e. The van der Waals surface area contributed by atoms with Gasteiger partial charge in [-0.15, -0.1) is 11.3 Å². The normalized spacial score (nSPS) is 14.0. The molecule has 1 aliphatic heterocycles. The summed E-state index contributed by atoms with van der Waals surface area (Å²) in [5.74, 6) is -0.208. The Bertz CT molecular complexity index is 672. The Morgan fingerprint density at radius 2 is 2.36 bits per heavy atom. The third kappa shape index (κ3) is 3.43. The number of hydrogen-bond donors (Lipinski definition) is 1. The second-order valence-electron chi connectivity index (χ2n) is 4.87. The molecule has 0 aromatic carbocycles. The van der Waals surface area contributed by atoms with E-state index in [-0.39, 0.29) is 12.5 Å². The first kappa shape index (κ1) is 14.5. The van der Waals surface area contributed by atoms with Crippen LogP contribution in [-0.4, -0.2) is 41.6 Å². The van der Waals surface area contributed by atoms with Crippen LogP contribution < -0.4 is 5.32 Å². The molecule has 1 fully saturated rings. The number of carbonyl (C=O) groups excluding carboxylic acids is 2. The molecule has 6 nitrogen and oxygen atoms in total. The molecule has 1 aliphatic rings. The minimum Gasteiger partial charge on any atom is -0.448 e. The highest BCUT2D eigenvalue weighted by Crippen LogP contribution is 2.24. The van der Waals surface area contributed by atoms with Gasteiger partial charge >= 0.3 is 6.09 Å². The zero-order valence-corrected chi connectivity index (χ0v) is 12.6. The van der Waals surface area contributed by atoms with Crippen molar-refractivity contribution < 1.29 is 14.3 Å². The summed E-state index contributed by atoms with van der Waals surface area (Å²) in [5.41, 5.74) is 1.95. The molecule has 7 heteroatoms. The third-order valence-electron chi connectivity index (χ3n) is 3.27. The van der Waals surface area contributed by atoms with Crippen LogP contribution in [0.4, 0.5) is 4.79 Å². The number of pyridine rings is 1. The molecular formula is C15H15N3O3S. The van der Waals surface area contributed by atoms with Gasteiger partial charge in [-0.2, -0.15) is 0 Å². The molecule has 0 bridgehead atoms. The fourth-order valence-electron chi connectivity index (χ4n) is 2.16. The van der Waals surface area contributed by atoms with Crippen molar-refractivity contribution in [3.05, 3.63) is 41.5 Å². The molecule has 0 unspecified atom stereocenters. The molecule has 3 rings (SSSR count). The maximum Gasteiger partial charge on any atom is 0.410 e. The van der Waals surface area contributed by atoms with Crippen LogP contribution in [0.2, 0.25) is 0 Å². The molecule has 2 aromatic rings. The summed E-state index contributed by atoms with van der Waals surface area (Å²) in [7, 11) is 0. The lowest BCUT2D eigenvalue weighted by Gasteiger charge is -2.12. The summed E-state index contributed by atoms with van der Waals surface area (Å²) in [5, 5.41) is 4.81. The predicted octanol–water partition coefficient (Wildman–Crippen LogP) is 1.88. The van der Waals surface area contributed by atoms with Crippen LogP contribution in [0, 0.1) is 0 Å². The van der Waals surface area contributed by atoms with Crippen molar-refractivity contribution in [2.75, 3.05) is 19.7 Å². The SMILES string of the molecule is O=C(CN1CCOC1=O)NCc1cncc(-c2cccs2)c1. The fourth-order valence-corrected chi connectivity index (χ4v) is 2.87. The summed E-state index contributed by atoms with van der Waals surface area (Å²) in [6, 6.07) is 6.02. The van der Waals surface area contributed by atoms with Gasteiger partial charge in [-0.1, -0.05) is 6.07 Å². The number of nitrogens with one attached hydrogen (secondary N) is 1. The van der Waals surface area contributed by atoms with E-state index < -0.39 is 6.09 Å². The Morgan fingerprint density at radius 1 is 1.45 bits per heavy atom. The monoisotopic (exact) mass is 317 g/mol. The Labute approximate surface area is 131 Å². The maximum atomic E-state index is 11.9. The third-order valence-corrected chi connectivity index (χ3v) is 4.19. The van der Waals surface area contributed by atoms with Gasteiger partial charge in [0.1, 0.15) is 13.2 Å². The molecule has 0 spiro atoms. The minimum absolute atomic E-state index is 0.0247. The van der Waals surface area contributed by atoms with E-state index in [1.54, 1.807) is 23.7 Å². The topological polar surface area (TPSA) is 71.5 Å². The largest absolute Gasteiger partial charge is 0.448 e. The van der Waals surface area contributed by atoms with E-state index in [1.807, 2.05) is 23.6 Å². The zero-order valence-electron chi connectivity index (χ0n) is 11.8. The van der Waals surface area contributed by atoms with Gasteiger partial charge in [-0.05, 0) is 23.1 Å². The van der Waals surface area contributed by atoms with Crippen LogP contribution in [0.25, 0.3) is 10.4 Å². The van der Waals surface area contributed by atoms with Gasteiger partial charge in [0.15, 0.2) is 0 Å². The molecule has 22 heavy (non-hydrogen) atoms. The lowest BCUT2D eigenvalue weighted by molar-refractivity contribution is -0.121. The van der Waals surface area contributed by atoms with Crippen molar-refractivity contribution in [3.63, 3.8) is 0 Å². The summed E-state index contributed by atoms with van der Waals surface area (Å²) in [6.45, 7) is 1.21. The molecule has 0 saturated carbocycles. The van der Waals surface area contributed by atoms with Crippen molar-refractivity contribution in [2.45, 2.75) is 6.54 Å². The van der Waals surface area contributed by atoms with Crippen LogP contribution in [0.1, 0.15) is 5.56 Å². The Balaban J connectivity index is 1.56. The average molecular weight is 317 g/mol. The zero-order chi connectivity index (χ0) is 15.4. The Kier molecular flexibility index (Phi) is 4.34. The van der Waals surface area contributed by atoms with E-state index in [0.717, 1.165) is 16.0 Å². The predicted molar refractivity (Wildman–Crippen MR) is 82.3 cm³/mol. The Hall–Kier alpha value is -2.41. The number of hydrogen-bond acceptors (Lipinski definition) is 5. The summed E-state index contributed by atoms with van der Waals surface area (Å²) < 4.78 is 4.78. The van der Waals surface area contributed by atoms with Gasteiger partial charge in [0.2, 0.25) is 5.91 Å². The first-order valence-electron chi connectivity index (χ1n) is 6.88.